The van der Waals surface area contributed by atoms with Gasteiger partial charge < -0.3 is 19.6 Å². The Morgan fingerprint density at radius 3 is 2.71 bits per heavy atom. The summed E-state index contributed by atoms with van der Waals surface area (Å²) in [5.74, 6) is -1.71. The van der Waals surface area contributed by atoms with Crippen LogP contribution in [-0.4, -0.2) is 103 Å². The first-order chi connectivity index (χ1) is 19.5. The average molecular weight is 621 g/mol. The number of likely N-dealkylation sites (N-methyl/N-ethyl adjacent to an activating group) is 1. The summed E-state index contributed by atoms with van der Waals surface area (Å²) in [6.45, 7) is 1.41. The minimum Gasteiger partial charge on any atom is -0.481 e. The molecule has 1 fully saturated rings. The molecule has 0 aliphatic carbocycles. The Kier molecular flexibility index (Phi) is 8.11. The zero-order valence-electron chi connectivity index (χ0n) is 22.2. The van der Waals surface area contributed by atoms with Gasteiger partial charge in [-0.25, -0.2) is 18.2 Å². The number of carbonyl (C=O) groups is 3. The van der Waals surface area contributed by atoms with Crippen LogP contribution in [0.5, 0.6) is 0 Å². The van der Waals surface area contributed by atoms with Crippen LogP contribution >= 0.6 is 22.7 Å². The van der Waals surface area contributed by atoms with Gasteiger partial charge in [-0.15, -0.1) is 22.7 Å². The molecular formula is C25H28N6O7S3. The number of carbonyl (C=O) groups excluding carboxylic acids is 2. The summed E-state index contributed by atoms with van der Waals surface area (Å²) in [5, 5.41) is 20.8. The number of amides is 2. The van der Waals surface area contributed by atoms with E-state index in [4.69, 9.17) is 5.41 Å². The standard InChI is InChI=1S/C25H28N6O7S3/c1-29-6-5-17-19(13-29)40-23(27-17)24(34)31-8-7-30(12-16(31)11-20(32)33)41(36,37)21-10-15-9-14(3-4-18(15)39-21)22(26)28-25(35)38-2/h3-4,9-10,16H,5-8,11-13H2,1-2H3,(H,32,33)(H2,26,28,35). The number of hydrogen-bond acceptors (Lipinski definition) is 11. The average Bonchev–Trinajstić information content (AvgIpc) is 3.56. The summed E-state index contributed by atoms with van der Waals surface area (Å²) in [7, 11) is -0.832. The zero-order valence-corrected chi connectivity index (χ0v) is 24.7. The molecule has 1 aromatic carbocycles. The molecule has 1 unspecified atom stereocenters. The number of nitrogens with zero attached hydrogens (tertiary/aromatic N) is 4. The Morgan fingerprint density at radius 2 is 1.98 bits per heavy atom. The number of ether oxygens (including phenoxy) is 1. The Balaban J connectivity index is 1.36. The third kappa shape index (κ3) is 5.97. The number of hydrogen-bond donors (Lipinski definition) is 3. The van der Waals surface area contributed by atoms with Crippen molar-refractivity contribution in [3.8, 4) is 0 Å². The number of methoxy groups -OCH3 is 1. The van der Waals surface area contributed by atoms with Gasteiger partial charge in [-0.05, 0) is 36.7 Å². The Bertz CT molecular complexity index is 1650. The molecule has 41 heavy (non-hydrogen) atoms. The number of thiophene rings is 1. The number of carboxylic acids is 1. The van der Waals surface area contributed by atoms with E-state index in [9.17, 15) is 27.9 Å². The second-order valence-electron chi connectivity index (χ2n) is 9.80. The van der Waals surface area contributed by atoms with Crippen LogP contribution in [0.25, 0.3) is 10.1 Å². The second kappa shape index (κ2) is 11.4. The zero-order chi connectivity index (χ0) is 29.5. The lowest BCUT2D eigenvalue weighted by Gasteiger charge is -2.39. The number of amidine groups is 1. The summed E-state index contributed by atoms with van der Waals surface area (Å²) in [4.78, 5) is 45.7. The number of sulfonamides is 1. The smallest absolute Gasteiger partial charge is 0.412 e. The van der Waals surface area contributed by atoms with E-state index in [1.54, 1.807) is 18.2 Å². The maximum Gasteiger partial charge on any atom is 0.412 e. The Labute approximate surface area is 243 Å². The molecule has 3 aromatic rings. The van der Waals surface area contributed by atoms with Crippen molar-refractivity contribution in [2.24, 2.45) is 0 Å². The van der Waals surface area contributed by atoms with E-state index in [-0.39, 0.29) is 35.6 Å². The van der Waals surface area contributed by atoms with Crippen LogP contribution in [0.15, 0.2) is 28.5 Å². The molecule has 16 heteroatoms. The fraction of sp³-hybridized carbons (Fsp3) is 0.400. The van der Waals surface area contributed by atoms with Crippen LogP contribution in [0.3, 0.4) is 0 Å². The topological polar surface area (TPSA) is 173 Å². The van der Waals surface area contributed by atoms with Crippen LogP contribution in [0, 0.1) is 5.41 Å². The molecule has 1 saturated heterocycles. The van der Waals surface area contributed by atoms with E-state index < -0.39 is 34.5 Å². The van der Waals surface area contributed by atoms with Crippen molar-refractivity contribution in [2.45, 2.75) is 29.6 Å². The highest BCUT2D eigenvalue weighted by atomic mass is 32.2. The highest BCUT2D eigenvalue weighted by molar-refractivity contribution is 7.91. The van der Waals surface area contributed by atoms with Crippen molar-refractivity contribution < 1.29 is 32.6 Å². The molecule has 3 N–H and O–H groups in total. The molecule has 2 aromatic heterocycles. The lowest BCUT2D eigenvalue weighted by atomic mass is 10.1. The van der Waals surface area contributed by atoms with Gasteiger partial charge >= 0.3 is 12.1 Å². The van der Waals surface area contributed by atoms with Crippen LogP contribution in [0.1, 0.15) is 32.4 Å². The summed E-state index contributed by atoms with van der Waals surface area (Å²) in [6, 6.07) is 5.48. The lowest BCUT2D eigenvalue weighted by molar-refractivity contribution is -0.138. The molecule has 4 heterocycles. The first-order valence-electron chi connectivity index (χ1n) is 12.6. The Hall–Kier alpha value is -3.44. The molecule has 2 aliphatic rings. The van der Waals surface area contributed by atoms with Crippen LogP contribution < -0.4 is 5.32 Å². The molecule has 13 nitrogen and oxygen atoms in total. The van der Waals surface area contributed by atoms with Crippen molar-refractivity contribution >= 4 is 66.6 Å². The summed E-state index contributed by atoms with van der Waals surface area (Å²) < 4.78 is 33.8. The fourth-order valence-corrected chi connectivity index (χ4v) is 9.03. The van der Waals surface area contributed by atoms with E-state index >= 15 is 0 Å². The SMILES string of the molecule is COC(=O)NC(=N)c1ccc2sc(S(=O)(=O)N3CCN(C(=O)c4nc5c(s4)CN(C)CC5)C(CC(=O)O)C3)cc2c1. The molecule has 0 radical (unpaired) electrons. The van der Waals surface area contributed by atoms with Gasteiger partial charge in [0.15, 0.2) is 5.01 Å². The highest BCUT2D eigenvalue weighted by Crippen LogP contribution is 2.33. The summed E-state index contributed by atoms with van der Waals surface area (Å²) in [5.41, 5.74) is 1.25. The molecule has 218 valence electrons. The largest absolute Gasteiger partial charge is 0.481 e. The van der Waals surface area contributed by atoms with Crippen LogP contribution in [0.4, 0.5) is 4.79 Å². The first kappa shape index (κ1) is 29.1. The van der Waals surface area contributed by atoms with Gasteiger partial charge in [-0.1, -0.05) is 0 Å². The van der Waals surface area contributed by atoms with E-state index in [1.807, 2.05) is 7.05 Å². The molecule has 0 spiro atoms. The molecule has 0 bridgehead atoms. The van der Waals surface area contributed by atoms with Gasteiger partial charge in [0, 0.05) is 54.3 Å². The van der Waals surface area contributed by atoms with Crippen LogP contribution in [0.2, 0.25) is 0 Å². The van der Waals surface area contributed by atoms with Crippen molar-refractivity contribution in [2.75, 3.05) is 40.3 Å². The number of aliphatic carboxylic acids is 1. The number of aromatic nitrogens is 1. The molecule has 5 rings (SSSR count). The molecular weight excluding hydrogens is 593 g/mol. The maximum absolute atomic E-state index is 13.7. The van der Waals surface area contributed by atoms with Gasteiger partial charge in [-0.2, -0.15) is 4.31 Å². The highest BCUT2D eigenvalue weighted by Gasteiger charge is 2.39. The Morgan fingerprint density at radius 1 is 1.20 bits per heavy atom. The number of rotatable bonds is 6. The monoisotopic (exact) mass is 620 g/mol. The molecule has 2 aliphatic heterocycles. The second-order valence-corrected chi connectivity index (χ2v) is 14.1. The lowest BCUT2D eigenvalue weighted by Crippen LogP contribution is -2.57. The number of carboxylic acid groups (broad SMARTS) is 1. The quantitative estimate of drug-likeness (QED) is 0.275. The first-order valence-corrected chi connectivity index (χ1v) is 15.7. The number of nitrogens with one attached hydrogen (secondary N) is 2. The molecule has 2 amide bonds. The fourth-order valence-electron chi connectivity index (χ4n) is 4.88. The predicted octanol–water partition coefficient (Wildman–Crippen LogP) is 2.02. The van der Waals surface area contributed by atoms with E-state index in [2.05, 4.69) is 19.9 Å². The molecule has 1 atom stereocenters. The summed E-state index contributed by atoms with van der Waals surface area (Å²) in [6.07, 6.45) is -0.463. The van der Waals surface area contributed by atoms with Gasteiger partial charge in [-0.3, -0.25) is 20.3 Å². The minimum atomic E-state index is -4.01. The van der Waals surface area contributed by atoms with E-state index in [0.29, 0.717) is 27.2 Å². The van der Waals surface area contributed by atoms with Gasteiger partial charge in [0.25, 0.3) is 15.9 Å². The summed E-state index contributed by atoms with van der Waals surface area (Å²) >= 11 is 2.36. The number of piperazine rings is 1. The minimum absolute atomic E-state index is 0.00517. The van der Waals surface area contributed by atoms with E-state index in [0.717, 1.165) is 34.9 Å². The number of fused-ring (bicyclic) bond motifs is 2. The van der Waals surface area contributed by atoms with Gasteiger partial charge in [0.05, 0.1) is 25.3 Å². The predicted molar refractivity (Wildman–Crippen MR) is 152 cm³/mol. The normalized spacial score (nSPS) is 18.2. The number of alkyl carbamates (subject to hydrolysis) is 1. The van der Waals surface area contributed by atoms with Crippen molar-refractivity contribution in [1.82, 2.24) is 24.4 Å². The van der Waals surface area contributed by atoms with Crippen molar-refractivity contribution in [3.05, 3.63) is 45.4 Å². The van der Waals surface area contributed by atoms with Crippen molar-refractivity contribution in [1.29, 1.82) is 5.41 Å². The number of thiazole rings is 1. The van der Waals surface area contributed by atoms with Crippen molar-refractivity contribution in [3.63, 3.8) is 0 Å². The maximum atomic E-state index is 13.7. The third-order valence-corrected chi connectivity index (χ3v) is 11.5. The van der Waals surface area contributed by atoms with Gasteiger partial charge in [0.1, 0.15) is 10.0 Å². The molecule has 0 saturated carbocycles. The number of benzene rings is 1. The van der Waals surface area contributed by atoms with Gasteiger partial charge in [0.2, 0.25) is 0 Å². The van der Waals surface area contributed by atoms with Crippen LogP contribution in [-0.2, 0) is 32.5 Å². The van der Waals surface area contributed by atoms with E-state index in [1.165, 1.54) is 33.7 Å². The third-order valence-electron chi connectivity index (χ3n) is 7.01.